The zero-order chi connectivity index (χ0) is 8.48. The summed E-state index contributed by atoms with van der Waals surface area (Å²) in [4.78, 5) is 0. The SMILES string of the molecule is COC1CCCC(C)(C)C1N. The molecule has 0 bridgehead atoms. The quantitative estimate of drug-likeness (QED) is 0.626. The number of hydrogen-bond acceptors (Lipinski definition) is 2. The van der Waals surface area contributed by atoms with Gasteiger partial charge in [0.25, 0.3) is 0 Å². The Morgan fingerprint density at radius 1 is 1.45 bits per heavy atom. The molecule has 2 heteroatoms. The Hall–Kier alpha value is -0.0800. The largest absolute Gasteiger partial charge is 0.380 e. The number of rotatable bonds is 1. The van der Waals surface area contributed by atoms with Gasteiger partial charge >= 0.3 is 0 Å². The van der Waals surface area contributed by atoms with Crippen LogP contribution in [0.4, 0.5) is 0 Å². The molecule has 0 aromatic rings. The summed E-state index contributed by atoms with van der Waals surface area (Å²) in [5.74, 6) is 0. The van der Waals surface area contributed by atoms with Crippen molar-refractivity contribution in [2.75, 3.05) is 7.11 Å². The number of methoxy groups -OCH3 is 1. The molecule has 66 valence electrons. The summed E-state index contributed by atoms with van der Waals surface area (Å²) in [6.45, 7) is 4.45. The van der Waals surface area contributed by atoms with Crippen LogP contribution in [0.2, 0.25) is 0 Å². The van der Waals surface area contributed by atoms with E-state index in [0.717, 1.165) is 6.42 Å². The van der Waals surface area contributed by atoms with Crippen LogP contribution >= 0.6 is 0 Å². The molecule has 2 nitrogen and oxygen atoms in total. The lowest BCUT2D eigenvalue weighted by Crippen LogP contribution is -2.50. The number of ether oxygens (including phenoxy) is 1. The van der Waals surface area contributed by atoms with Crippen LogP contribution < -0.4 is 5.73 Å². The van der Waals surface area contributed by atoms with Gasteiger partial charge in [-0.25, -0.2) is 0 Å². The van der Waals surface area contributed by atoms with E-state index in [1.807, 2.05) is 0 Å². The Morgan fingerprint density at radius 2 is 2.09 bits per heavy atom. The first-order chi connectivity index (χ1) is 5.08. The molecule has 2 atom stereocenters. The minimum Gasteiger partial charge on any atom is -0.380 e. The molecule has 1 aliphatic carbocycles. The van der Waals surface area contributed by atoms with E-state index < -0.39 is 0 Å². The summed E-state index contributed by atoms with van der Waals surface area (Å²) in [5, 5.41) is 0. The molecule has 2 unspecified atom stereocenters. The Kier molecular flexibility index (Phi) is 2.55. The van der Waals surface area contributed by atoms with Crippen molar-refractivity contribution >= 4 is 0 Å². The summed E-state index contributed by atoms with van der Waals surface area (Å²) in [6, 6.07) is 0.209. The molecule has 0 spiro atoms. The van der Waals surface area contributed by atoms with Crippen molar-refractivity contribution in [2.24, 2.45) is 11.1 Å². The van der Waals surface area contributed by atoms with Crippen LogP contribution in [0.15, 0.2) is 0 Å². The van der Waals surface area contributed by atoms with Crippen molar-refractivity contribution in [3.05, 3.63) is 0 Å². The molecular weight excluding hydrogens is 138 g/mol. The Labute approximate surface area is 69.1 Å². The van der Waals surface area contributed by atoms with Gasteiger partial charge in [0, 0.05) is 13.2 Å². The molecule has 0 aromatic carbocycles. The van der Waals surface area contributed by atoms with Gasteiger partial charge in [-0.1, -0.05) is 20.3 Å². The topological polar surface area (TPSA) is 35.2 Å². The second kappa shape index (κ2) is 3.11. The maximum absolute atomic E-state index is 6.04. The van der Waals surface area contributed by atoms with Crippen LogP contribution in [0.5, 0.6) is 0 Å². The zero-order valence-electron chi connectivity index (χ0n) is 7.76. The van der Waals surface area contributed by atoms with E-state index in [-0.39, 0.29) is 17.6 Å². The van der Waals surface area contributed by atoms with Gasteiger partial charge in [-0.2, -0.15) is 0 Å². The van der Waals surface area contributed by atoms with Gasteiger partial charge in [-0.3, -0.25) is 0 Å². The predicted molar refractivity (Wildman–Crippen MR) is 46.4 cm³/mol. The molecular formula is C9H19NO. The van der Waals surface area contributed by atoms with Gasteiger partial charge < -0.3 is 10.5 Å². The van der Waals surface area contributed by atoms with E-state index in [4.69, 9.17) is 10.5 Å². The summed E-state index contributed by atoms with van der Waals surface area (Å²) in [5.41, 5.74) is 6.31. The smallest absolute Gasteiger partial charge is 0.0727 e. The molecule has 0 aliphatic heterocycles. The van der Waals surface area contributed by atoms with Gasteiger partial charge in [-0.05, 0) is 18.3 Å². The highest BCUT2D eigenvalue weighted by Crippen LogP contribution is 2.35. The summed E-state index contributed by atoms with van der Waals surface area (Å²) in [7, 11) is 1.76. The molecule has 1 saturated carbocycles. The van der Waals surface area contributed by atoms with Crippen molar-refractivity contribution in [3.63, 3.8) is 0 Å². The van der Waals surface area contributed by atoms with Gasteiger partial charge in [0.15, 0.2) is 0 Å². The lowest BCUT2D eigenvalue weighted by molar-refractivity contribution is 0.00406. The van der Waals surface area contributed by atoms with Crippen molar-refractivity contribution in [3.8, 4) is 0 Å². The van der Waals surface area contributed by atoms with E-state index in [1.165, 1.54) is 12.8 Å². The fourth-order valence-corrected chi connectivity index (χ4v) is 1.87. The average Bonchev–Trinajstić information content (AvgIpc) is 1.95. The molecule has 11 heavy (non-hydrogen) atoms. The summed E-state index contributed by atoms with van der Waals surface area (Å²) < 4.78 is 5.31. The van der Waals surface area contributed by atoms with E-state index in [9.17, 15) is 0 Å². The third-order valence-electron chi connectivity index (χ3n) is 2.92. The lowest BCUT2D eigenvalue weighted by atomic mass is 9.72. The van der Waals surface area contributed by atoms with Crippen molar-refractivity contribution in [1.82, 2.24) is 0 Å². The molecule has 1 aliphatic rings. The Balaban J connectivity index is 2.60. The predicted octanol–water partition coefficient (Wildman–Crippen LogP) is 1.54. The van der Waals surface area contributed by atoms with Gasteiger partial charge in [0.05, 0.1) is 6.10 Å². The Morgan fingerprint density at radius 3 is 2.55 bits per heavy atom. The second-order valence-electron chi connectivity index (χ2n) is 4.18. The van der Waals surface area contributed by atoms with Crippen LogP contribution in [0, 0.1) is 5.41 Å². The average molecular weight is 157 g/mol. The summed E-state index contributed by atoms with van der Waals surface area (Å²) in [6.07, 6.45) is 3.88. The van der Waals surface area contributed by atoms with Crippen LogP contribution in [0.1, 0.15) is 33.1 Å². The van der Waals surface area contributed by atoms with E-state index in [1.54, 1.807) is 7.11 Å². The van der Waals surface area contributed by atoms with Crippen LogP contribution in [-0.2, 0) is 4.74 Å². The monoisotopic (exact) mass is 157 g/mol. The van der Waals surface area contributed by atoms with E-state index >= 15 is 0 Å². The van der Waals surface area contributed by atoms with Crippen LogP contribution in [0.3, 0.4) is 0 Å². The highest BCUT2D eigenvalue weighted by atomic mass is 16.5. The normalized spacial score (nSPS) is 37.1. The first-order valence-corrected chi connectivity index (χ1v) is 4.36. The van der Waals surface area contributed by atoms with Crippen molar-refractivity contribution in [2.45, 2.75) is 45.3 Å². The van der Waals surface area contributed by atoms with Crippen molar-refractivity contribution in [1.29, 1.82) is 0 Å². The third-order valence-corrected chi connectivity index (χ3v) is 2.92. The first-order valence-electron chi connectivity index (χ1n) is 4.36. The minimum atomic E-state index is 0.209. The van der Waals surface area contributed by atoms with Gasteiger partial charge in [0.1, 0.15) is 0 Å². The second-order valence-corrected chi connectivity index (χ2v) is 4.18. The maximum atomic E-state index is 6.04. The van der Waals surface area contributed by atoms with E-state index in [2.05, 4.69) is 13.8 Å². The third kappa shape index (κ3) is 1.74. The molecule has 0 amide bonds. The fraction of sp³-hybridized carbons (Fsp3) is 1.00. The minimum absolute atomic E-state index is 0.209. The van der Waals surface area contributed by atoms with Gasteiger partial charge in [0.2, 0.25) is 0 Å². The Bertz CT molecular complexity index is 134. The van der Waals surface area contributed by atoms with Crippen LogP contribution in [-0.4, -0.2) is 19.3 Å². The maximum Gasteiger partial charge on any atom is 0.0727 e. The molecule has 0 radical (unpaired) electrons. The molecule has 1 fully saturated rings. The van der Waals surface area contributed by atoms with E-state index in [0.29, 0.717) is 0 Å². The number of hydrogen-bond donors (Lipinski definition) is 1. The highest BCUT2D eigenvalue weighted by Gasteiger charge is 2.36. The summed E-state index contributed by atoms with van der Waals surface area (Å²) >= 11 is 0. The molecule has 2 N–H and O–H groups in total. The molecule has 0 saturated heterocycles. The zero-order valence-corrected chi connectivity index (χ0v) is 7.76. The fourth-order valence-electron chi connectivity index (χ4n) is 1.87. The van der Waals surface area contributed by atoms with Crippen LogP contribution in [0.25, 0.3) is 0 Å². The van der Waals surface area contributed by atoms with Gasteiger partial charge in [-0.15, -0.1) is 0 Å². The molecule has 1 rings (SSSR count). The van der Waals surface area contributed by atoms with Crippen molar-refractivity contribution < 1.29 is 4.74 Å². The molecule has 0 heterocycles. The number of nitrogens with two attached hydrogens (primary N) is 1. The molecule has 0 aromatic heterocycles. The lowest BCUT2D eigenvalue weighted by Gasteiger charge is -2.40. The standard InChI is InChI=1S/C9H19NO/c1-9(2)6-4-5-7(11-3)8(9)10/h7-8H,4-6,10H2,1-3H3. The highest BCUT2D eigenvalue weighted by molar-refractivity contribution is 4.91. The first kappa shape index (κ1) is 9.01.